The molecule has 31 heavy (non-hydrogen) atoms. The summed E-state index contributed by atoms with van der Waals surface area (Å²) in [5, 5.41) is 2.72. The third kappa shape index (κ3) is 5.98. The summed E-state index contributed by atoms with van der Waals surface area (Å²) >= 11 is 4.42. The minimum absolute atomic E-state index is 0.192. The van der Waals surface area contributed by atoms with Gasteiger partial charge in [0.2, 0.25) is 5.91 Å². The molecule has 0 radical (unpaired) electrons. The minimum atomic E-state index is -0.831. The number of primary amides is 1. The van der Waals surface area contributed by atoms with Gasteiger partial charge in [0.25, 0.3) is 5.91 Å². The Morgan fingerprint density at radius 1 is 1.23 bits per heavy atom. The fourth-order valence-corrected chi connectivity index (χ4v) is 4.60. The van der Waals surface area contributed by atoms with Crippen LogP contribution in [0.3, 0.4) is 0 Å². The standard InChI is InChI=1S/C21H24BrN3O5S/c1-21(2,3)30-20(28)25-11-13(29-12-7-5-4-6-8-12)9-15(25)19(27)24-14-10-16(22)31-17(14)18(23)26/h4-8,10,13,15H,9,11H2,1-3H3,(H2,23,26)(H,24,27)/t13-,15+/m1/s1. The van der Waals surface area contributed by atoms with Crippen molar-refractivity contribution < 1.29 is 23.9 Å². The molecule has 10 heteroatoms. The van der Waals surface area contributed by atoms with E-state index in [0.717, 1.165) is 11.3 Å². The van der Waals surface area contributed by atoms with Gasteiger partial charge in [0.05, 0.1) is 16.0 Å². The summed E-state index contributed by atoms with van der Waals surface area (Å²) in [6.07, 6.45) is -0.721. The van der Waals surface area contributed by atoms with E-state index in [0.29, 0.717) is 15.2 Å². The number of anilines is 1. The number of likely N-dealkylation sites (tertiary alicyclic amines) is 1. The lowest BCUT2D eigenvalue weighted by Crippen LogP contribution is -2.45. The van der Waals surface area contributed by atoms with Crippen LogP contribution in [-0.2, 0) is 9.53 Å². The summed E-state index contributed by atoms with van der Waals surface area (Å²) in [4.78, 5) is 39.2. The summed E-state index contributed by atoms with van der Waals surface area (Å²) in [7, 11) is 0. The Labute approximate surface area is 192 Å². The molecule has 1 saturated heterocycles. The van der Waals surface area contributed by atoms with E-state index in [1.807, 2.05) is 30.3 Å². The van der Waals surface area contributed by atoms with Gasteiger partial charge in [0.15, 0.2) is 0 Å². The number of nitrogens with zero attached hydrogens (tertiary/aromatic N) is 1. The average molecular weight is 510 g/mol. The number of rotatable bonds is 5. The smallest absolute Gasteiger partial charge is 0.411 e. The number of thiophene rings is 1. The Morgan fingerprint density at radius 2 is 1.90 bits per heavy atom. The van der Waals surface area contributed by atoms with E-state index >= 15 is 0 Å². The van der Waals surface area contributed by atoms with Crippen molar-refractivity contribution in [3.63, 3.8) is 0 Å². The van der Waals surface area contributed by atoms with Gasteiger partial charge in [-0.2, -0.15) is 0 Å². The molecule has 1 aliphatic rings. The second kappa shape index (κ2) is 9.27. The summed E-state index contributed by atoms with van der Waals surface area (Å²) in [6.45, 7) is 5.47. The number of carbonyl (C=O) groups excluding carboxylic acids is 3. The van der Waals surface area contributed by atoms with Gasteiger partial charge < -0.3 is 20.5 Å². The van der Waals surface area contributed by atoms with Crippen LogP contribution in [0.15, 0.2) is 40.2 Å². The topological polar surface area (TPSA) is 111 Å². The summed E-state index contributed by atoms with van der Waals surface area (Å²) in [5.74, 6) is -0.444. The van der Waals surface area contributed by atoms with Crippen LogP contribution in [0.4, 0.5) is 10.5 Å². The quantitative estimate of drug-likeness (QED) is 0.632. The number of halogens is 1. The van der Waals surface area contributed by atoms with E-state index in [4.69, 9.17) is 15.2 Å². The molecule has 3 rings (SSSR count). The van der Waals surface area contributed by atoms with Gasteiger partial charge in [0, 0.05) is 6.42 Å². The van der Waals surface area contributed by atoms with Crippen LogP contribution in [0.1, 0.15) is 36.9 Å². The second-order valence-corrected chi connectivity index (χ2v) is 10.5. The fraction of sp³-hybridized carbons (Fsp3) is 0.381. The molecule has 1 aromatic carbocycles. The van der Waals surface area contributed by atoms with Crippen LogP contribution in [0.2, 0.25) is 0 Å². The van der Waals surface area contributed by atoms with Crippen LogP contribution < -0.4 is 15.8 Å². The molecule has 166 valence electrons. The van der Waals surface area contributed by atoms with Crippen molar-refractivity contribution in [2.45, 2.75) is 44.9 Å². The van der Waals surface area contributed by atoms with E-state index in [2.05, 4.69) is 21.2 Å². The van der Waals surface area contributed by atoms with E-state index < -0.39 is 35.7 Å². The number of nitrogens with two attached hydrogens (primary N) is 1. The molecule has 8 nitrogen and oxygen atoms in total. The third-order valence-electron chi connectivity index (χ3n) is 4.42. The molecule has 2 atom stereocenters. The largest absolute Gasteiger partial charge is 0.488 e. The van der Waals surface area contributed by atoms with Gasteiger partial charge in [-0.05, 0) is 54.9 Å². The van der Waals surface area contributed by atoms with Gasteiger partial charge in [-0.15, -0.1) is 11.3 Å². The highest BCUT2D eigenvalue weighted by Gasteiger charge is 2.43. The minimum Gasteiger partial charge on any atom is -0.488 e. The first-order chi connectivity index (χ1) is 14.5. The SMILES string of the molecule is CC(C)(C)OC(=O)N1C[C@H](Oc2ccccc2)C[C@H]1C(=O)Nc1cc(Br)sc1C(N)=O. The molecular weight excluding hydrogens is 486 g/mol. The first-order valence-corrected chi connectivity index (χ1v) is 11.3. The zero-order chi connectivity index (χ0) is 22.8. The number of hydrogen-bond donors (Lipinski definition) is 2. The van der Waals surface area contributed by atoms with Crippen LogP contribution in [0.5, 0.6) is 5.75 Å². The normalized spacial score (nSPS) is 18.5. The zero-order valence-electron chi connectivity index (χ0n) is 17.4. The van der Waals surface area contributed by atoms with Crippen molar-refractivity contribution in [1.82, 2.24) is 4.90 Å². The summed E-state index contributed by atoms with van der Waals surface area (Å²) in [6, 6.07) is 9.97. The van der Waals surface area contributed by atoms with Crippen LogP contribution >= 0.6 is 27.3 Å². The van der Waals surface area contributed by atoms with Crippen molar-refractivity contribution in [3.05, 3.63) is 45.1 Å². The molecule has 2 aromatic rings. The molecule has 1 aliphatic heterocycles. The van der Waals surface area contributed by atoms with Crippen molar-refractivity contribution in [2.24, 2.45) is 5.73 Å². The number of ether oxygens (including phenoxy) is 2. The van der Waals surface area contributed by atoms with Gasteiger partial charge in [-0.1, -0.05) is 18.2 Å². The number of hydrogen-bond acceptors (Lipinski definition) is 6. The molecule has 0 aliphatic carbocycles. The molecule has 0 unspecified atom stereocenters. The van der Waals surface area contributed by atoms with E-state index in [1.165, 1.54) is 4.90 Å². The van der Waals surface area contributed by atoms with Gasteiger partial charge >= 0.3 is 6.09 Å². The zero-order valence-corrected chi connectivity index (χ0v) is 19.8. The fourth-order valence-electron chi connectivity index (χ4n) is 3.20. The van der Waals surface area contributed by atoms with Crippen LogP contribution in [0.25, 0.3) is 0 Å². The van der Waals surface area contributed by atoms with Crippen LogP contribution in [-0.4, -0.2) is 47.1 Å². The van der Waals surface area contributed by atoms with Crippen molar-refractivity contribution in [1.29, 1.82) is 0 Å². The maximum Gasteiger partial charge on any atom is 0.411 e. The summed E-state index contributed by atoms with van der Waals surface area (Å²) in [5.41, 5.74) is 4.99. The molecule has 0 bridgehead atoms. The number of amides is 3. The monoisotopic (exact) mass is 509 g/mol. The number of nitrogens with one attached hydrogen (secondary N) is 1. The highest BCUT2D eigenvalue weighted by molar-refractivity contribution is 9.11. The predicted molar refractivity (Wildman–Crippen MR) is 121 cm³/mol. The number of carbonyl (C=O) groups is 3. The van der Waals surface area contributed by atoms with Crippen molar-refractivity contribution in [2.75, 3.05) is 11.9 Å². The molecular formula is C21H24BrN3O5S. The molecule has 3 N–H and O–H groups in total. The molecule has 1 fully saturated rings. The molecule has 0 spiro atoms. The highest BCUT2D eigenvalue weighted by Crippen LogP contribution is 2.32. The van der Waals surface area contributed by atoms with E-state index in [9.17, 15) is 14.4 Å². The lowest BCUT2D eigenvalue weighted by Gasteiger charge is -2.27. The van der Waals surface area contributed by atoms with Gasteiger partial charge in [-0.3, -0.25) is 14.5 Å². The lowest BCUT2D eigenvalue weighted by atomic mass is 10.1. The Kier molecular flexibility index (Phi) is 6.90. The number of benzene rings is 1. The molecule has 2 heterocycles. The van der Waals surface area contributed by atoms with Gasteiger partial charge in [0.1, 0.15) is 28.4 Å². The first kappa shape index (κ1) is 23.1. The molecule has 3 amide bonds. The predicted octanol–water partition coefficient (Wildman–Crippen LogP) is 4.01. The van der Waals surface area contributed by atoms with Crippen molar-refractivity contribution >= 4 is 50.9 Å². The molecule has 1 aromatic heterocycles. The van der Waals surface area contributed by atoms with Crippen molar-refractivity contribution in [3.8, 4) is 5.75 Å². The van der Waals surface area contributed by atoms with Crippen LogP contribution in [0, 0.1) is 0 Å². The Morgan fingerprint density at radius 3 is 2.52 bits per heavy atom. The highest BCUT2D eigenvalue weighted by atomic mass is 79.9. The second-order valence-electron chi connectivity index (χ2n) is 8.08. The summed E-state index contributed by atoms with van der Waals surface area (Å²) < 4.78 is 12.1. The Hall–Kier alpha value is -2.59. The maximum absolute atomic E-state index is 13.1. The lowest BCUT2D eigenvalue weighted by molar-refractivity contribution is -0.120. The van der Waals surface area contributed by atoms with E-state index in [-0.39, 0.29) is 17.8 Å². The Bertz CT molecular complexity index is 973. The van der Waals surface area contributed by atoms with Gasteiger partial charge in [-0.25, -0.2) is 4.79 Å². The Balaban J connectivity index is 1.80. The molecule has 0 saturated carbocycles. The van der Waals surface area contributed by atoms with E-state index in [1.54, 1.807) is 26.8 Å². The maximum atomic E-state index is 13.1. The first-order valence-electron chi connectivity index (χ1n) is 9.65. The third-order valence-corrected chi connectivity index (χ3v) is 6.08. The average Bonchev–Trinajstić information content (AvgIpc) is 3.25. The number of para-hydroxylation sites is 1.